The second-order valence-corrected chi connectivity index (χ2v) is 4.63. The van der Waals surface area contributed by atoms with Crippen LogP contribution in [0.15, 0.2) is 29.0 Å². The van der Waals surface area contributed by atoms with E-state index in [9.17, 15) is 23.7 Å². The molecule has 0 unspecified atom stereocenters. The molecule has 0 saturated heterocycles. The van der Waals surface area contributed by atoms with Crippen LogP contribution < -0.4 is 5.32 Å². The third-order valence-corrected chi connectivity index (χ3v) is 3.25. The van der Waals surface area contributed by atoms with Crippen LogP contribution in [0.2, 0.25) is 0 Å². The first kappa shape index (κ1) is 14.1. The van der Waals surface area contributed by atoms with Crippen molar-refractivity contribution in [1.29, 1.82) is 0 Å². The summed E-state index contributed by atoms with van der Waals surface area (Å²) in [4.78, 5) is 21.7. The molecular weight excluding hydrogens is 290 g/mol. The topological polar surface area (TPSA) is 72.2 Å². The number of thiophene rings is 1. The van der Waals surface area contributed by atoms with Crippen molar-refractivity contribution in [1.82, 2.24) is 5.32 Å². The average Bonchev–Trinajstić information content (AvgIpc) is 2.91. The van der Waals surface area contributed by atoms with Crippen molar-refractivity contribution in [3.05, 3.63) is 61.8 Å². The molecule has 1 heterocycles. The normalized spacial score (nSPS) is 10.3. The molecule has 0 aliphatic rings. The molecule has 0 fully saturated rings. The number of amides is 1. The maximum Gasteiger partial charge on any atom is 0.285 e. The largest absolute Gasteiger partial charge is 0.348 e. The lowest BCUT2D eigenvalue weighted by molar-refractivity contribution is -0.385. The Balaban J connectivity index is 2.24. The van der Waals surface area contributed by atoms with Gasteiger partial charge in [0.1, 0.15) is 5.56 Å². The van der Waals surface area contributed by atoms with Crippen LogP contribution in [-0.2, 0) is 6.54 Å². The SMILES string of the molecule is O=C(NCc1ccsc1)c1cc(F)c(F)cc1[N+](=O)[O-]. The minimum atomic E-state index is -1.37. The highest BCUT2D eigenvalue weighted by Crippen LogP contribution is 2.22. The van der Waals surface area contributed by atoms with Gasteiger partial charge in [-0.3, -0.25) is 14.9 Å². The van der Waals surface area contributed by atoms with Gasteiger partial charge in [-0.2, -0.15) is 11.3 Å². The van der Waals surface area contributed by atoms with Crippen molar-refractivity contribution in [2.75, 3.05) is 0 Å². The summed E-state index contributed by atoms with van der Waals surface area (Å²) in [7, 11) is 0. The van der Waals surface area contributed by atoms with Crippen LogP contribution in [0, 0.1) is 21.7 Å². The third-order valence-electron chi connectivity index (χ3n) is 2.51. The van der Waals surface area contributed by atoms with E-state index in [1.807, 2.05) is 5.38 Å². The Hall–Kier alpha value is -2.35. The molecule has 5 nitrogen and oxygen atoms in total. The van der Waals surface area contributed by atoms with Crippen molar-refractivity contribution < 1.29 is 18.5 Å². The molecule has 0 aliphatic carbocycles. The van der Waals surface area contributed by atoms with Gasteiger partial charge in [0.05, 0.1) is 11.0 Å². The lowest BCUT2D eigenvalue weighted by atomic mass is 10.1. The smallest absolute Gasteiger partial charge is 0.285 e. The lowest BCUT2D eigenvalue weighted by Crippen LogP contribution is -2.23. The van der Waals surface area contributed by atoms with Crippen molar-refractivity contribution in [3.8, 4) is 0 Å². The molecule has 2 rings (SSSR count). The Morgan fingerprint density at radius 1 is 1.35 bits per heavy atom. The van der Waals surface area contributed by atoms with Crippen molar-refractivity contribution in [2.45, 2.75) is 6.54 Å². The van der Waals surface area contributed by atoms with E-state index in [4.69, 9.17) is 0 Å². The van der Waals surface area contributed by atoms with Crippen LogP contribution >= 0.6 is 11.3 Å². The van der Waals surface area contributed by atoms with Gasteiger partial charge in [0.15, 0.2) is 11.6 Å². The predicted molar refractivity (Wildman–Crippen MR) is 68.5 cm³/mol. The van der Waals surface area contributed by atoms with Crippen LogP contribution in [-0.4, -0.2) is 10.8 Å². The zero-order valence-corrected chi connectivity index (χ0v) is 10.7. The highest BCUT2D eigenvalue weighted by molar-refractivity contribution is 7.07. The molecule has 0 spiro atoms. The van der Waals surface area contributed by atoms with E-state index in [1.54, 1.807) is 11.4 Å². The number of hydrogen-bond acceptors (Lipinski definition) is 4. The van der Waals surface area contributed by atoms with Gasteiger partial charge in [-0.05, 0) is 28.5 Å². The lowest BCUT2D eigenvalue weighted by Gasteiger charge is -2.05. The average molecular weight is 298 g/mol. The van der Waals surface area contributed by atoms with Gasteiger partial charge in [0.25, 0.3) is 11.6 Å². The summed E-state index contributed by atoms with van der Waals surface area (Å²) in [5.74, 6) is -3.51. The highest BCUT2D eigenvalue weighted by Gasteiger charge is 2.23. The maximum absolute atomic E-state index is 13.1. The predicted octanol–water partition coefficient (Wildman–Crippen LogP) is 2.86. The van der Waals surface area contributed by atoms with E-state index < -0.39 is 33.7 Å². The number of hydrogen-bond donors (Lipinski definition) is 1. The van der Waals surface area contributed by atoms with Gasteiger partial charge < -0.3 is 5.32 Å². The number of nitrogens with one attached hydrogen (secondary N) is 1. The van der Waals surface area contributed by atoms with E-state index in [2.05, 4.69) is 5.32 Å². The Kier molecular flexibility index (Phi) is 4.04. The van der Waals surface area contributed by atoms with E-state index >= 15 is 0 Å². The van der Waals surface area contributed by atoms with E-state index in [0.29, 0.717) is 12.1 Å². The number of halogens is 2. The fourth-order valence-electron chi connectivity index (χ4n) is 1.54. The number of carbonyl (C=O) groups excluding carboxylic acids is 1. The second-order valence-electron chi connectivity index (χ2n) is 3.85. The first-order valence-corrected chi connectivity index (χ1v) is 6.36. The minimum absolute atomic E-state index is 0.151. The van der Waals surface area contributed by atoms with Crippen LogP contribution in [0.1, 0.15) is 15.9 Å². The number of benzene rings is 1. The molecule has 0 radical (unpaired) electrons. The summed E-state index contributed by atoms with van der Waals surface area (Å²) in [6.07, 6.45) is 0. The fraction of sp³-hybridized carbons (Fsp3) is 0.0833. The first-order chi connectivity index (χ1) is 9.49. The summed E-state index contributed by atoms with van der Waals surface area (Å²) >= 11 is 1.43. The highest BCUT2D eigenvalue weighted by atomic mass is 32.1. The molecule has 1 aromatic heterocycles. The van der Waals surface area contributed by atoms with Crippen molar-refractivity contribution in [3.63, 3.8) is 0 Å². The van der Waals surface area contributed by atoms with Gasteiger partial charge in [-0.25, -0.2) is 8.78 Å². The Labute approximate surface area is 116 Å². The number of rotatable bonds is 4. The number of nitro groups is 1. The molecule has 1 N–H and O–H groups in total. The minimum Gasteiger partial charge on any atom is -0.348 e. The maximum atomic E-state index is 13.1. The second kappa shape index (κ2) is 5.74. The number of nitro benzene ring substituents is 1. The molecule has 0 aliphatic heterocycles. The van der Waals surface area contributed by atoms with Crippen LogP contribution in [0.25, 0.3) is 0 Å². The standard InChI is InChI=1S/C12H8F2N2O3S/c13-9-3-8(11(16(18)19)4-10(9)14)12(17)15-5-7-1-2-20-6-7/h1-4,6H,5H2,(H,15,17). The van der Waals surface area contributed by atoms with Crippen LogP contribution in [0.4, 0.5) is 14.5 Å². The number of carbonyl (C=O) groups is 1. The summed E-state index contributed by atoms with van der Waals surface area (Å²) in [5, 5.41) is 16.8. The van der Waals surface area contributed by atoms with E-state index in [-0.39, 0.29) is 6.54 Å². The summed E-state index contributed by atoms with van der Waals surface area (Å²) in [6.45, 7) is 0.151. The number of nitrogens with zero attached hydrogens (tertiary/aromatic N) is 1. The Morgan fingerprint density at radius 3 is 2.65 bits per heavy atom. The summed E-state index contributed by atoms with van der Waals surface area (Å²) < 4.78 is 26.1. The monoisotopic (exact) mass is 298 g/mol. The molecule has 2 aromatic rings. The van der Waals surface area contributed by atoms with Crippen LogP contribution in [0.3, 0.4) is 0 Å². The molecule has 8 heteroatoms. The zero-order valence-electron chi connectivity index (χ0n) is 9.93. The molecule has 20 heavy (non-hydrogen) atoms. The Bertz CT molecular complexity index is 659. The molecule has 104 valence electrons. The quantitative estimate of drug-likeness (QED) is 0.697. The summed E-state index contributed by atoms with van der Waals surface area (Å²) in [5.41, 5.74) is -0.468. The van der Waals surface area contributed by atoms with Gasteiger partial charge in [0.2, 0.25) is 0 Å². The van der Waals surface area contributed by atoms with E-state index in [1.165, 1.54) is 11.3 Å². The zero-order chi connectivity index (χ0) is 14.7. The van der Waals surface area contributed by atoms with Gasteiger partial charge in [-0.1, -0.05) is 0 Å². The van der Waals surface area contributed by atoms with Crippen molar-refractivity contribution >= 4 is 22.9 Å². The Morgan fingerprint density at radius 2 is 2.05 bits per heavy atom. The van der Waals surface area contributed by atoms with Gasteiger partial charge in [0, 0.05) is 6.54 Å². The third kappa shape index (κ3) is 2.97. The van der Waals surface area contributed by atoms with Crippen LogP contribution in [0.5, 0.6) is 0 Å². The molecular formula is C12H8F2N2O3S. The van der Waals surface area contributed by atoms with Gasteiger partial charge in [-0.15, -0.1) is 0 Å². The molecule has 1 amide bonds. The fourth-order valence-corrected chi connectivity index (χ4v) is 2.21. The summed E-state index contributed by atoms with van der Waals surface area (Å²) in [6, 6.07) is 2.69. The molecule has 0 saturated carbocycles. The van der Waals surface area contributed by atoms with E-state index in [0.717, 1.165) is 5.56 Å². The first-order valence-electron chi connectivity index (χ1n) is 5.41. The van der Waals surface area contributed by atoms with Crippen molar-refractivity contribution in [2.24, 2.45) is 0 Å². The van der Waals surface area contributed by atoms with Gasteiger partial charge >= 0.3 is 0 Å². The molecule has 0 bridgehead atoms. The molecule has 1 aromatic carbocycles. The molecule has 0 atom stereocenters.